The molecule has 1 saturated heterocycles. The fourth-order valence-electron chi connectivity index (χ4n) is 2.04. The Hall–Kier alpha value is -0.770. The summed E-state index contributed by atoms with van der Waals surface area (Å²) in [6.45, 7) is 3.10. The summed E-state index contributed by atoms with van der Waals surface area (Å²) in [5.41, 5.74) is 7.16. The van der Waals surface area contributed by atoms with E-state index in [1.807, 2.05) is 12.1 Å². The molecule has 0 amide bonds. The quantitative estimate of drug-likeness (QED) is 0.876. The summed E-state index contributed by atoms with van der Waals surface area (Å²) in [5, 5.41) is 0. The van der Waals surface area contributed by atoms with E-state index in [0.29, 0.717) is 6.04 Å². The van der Waals surface area contributed by atoms with Crippen molar-refractivity contribution in [3.8, 4) is 5.75 Å². The third-order valence-electron chi connectivity index (χ3n) is 2.85. The van der Waals surface area contributed by atoms with E-state index in [1.165, 1.54) is 5.56 Å². The Kier molecular flexibility index (Phi) is 5.06. The number of methoxy groups -OCH3 is 1. The van der Waals surface area contributed by atoms with Crippen LogP contribution in [0.3, 0.4) is 0 Å². The number of likely N-dealkylation sites (tertiary alicyclic amines) is 1. The van der Waals surface area contributed by atoms with Crippen molar-refractivity contribution in [2.75, 3.05) is 20.2 Å². The van der Waals surface area contributed by atoms with E-state index in [1.54, 1.807) is 7.11 Å². The molecule has 0 unspecified atom stereocenters. The lowest BCUT2D eigenvalue weighted by Gasteiger charge is -2.15. The van der Waals surface area contributed by atoms with Crippen LogP contribution in [0, 0.1) is 0 Å². The Labute approximate surface area is 103 Å². The Balaban J connectivity index is 0.00000128. The van der Waals surface area contributed by atoms with Crippen LogP contribution < -0.4 is 10.5 Å². The minimum absolute atomic E-state index is 0. The van der Waals surface area contributed by atoms with Gasteiger partial charge in [0.25, 0.3) is 0 Å². The summed E-state index contributed by atoms with van der Waals surface area (Å²) in [6.07, 6.45) is 1.12. The summed E-state index contributed by atoms with van der Waals surface area (Å²) < 4.78 is 5.20. The fourth-order valence-corrected chi connectivity index (χ4v) is 2.04. The molecule has 0 spiro atoms. The number of hydrogen-bond acceptors (Lipinski definition) is 3. The summed E-state index contributed by atoms with van der Waals surface area (Å²) in [7, 11) is 1.70. The smallest absolute Gasteiger partial charge is 0.119 e. The van der Waals surface area contributed by atoms with Crippen LogP contribution in [0.1, 0.15) is 12.0 Å². The molecule has 4 heteroatoms. The monoisotopic (exact) mass is 242 g/mol. The minimum Gasteiger partial charge on any atom is -0.497 e. The van der Waals surface area contributed by atoms with Crippen molar-refractivity contribution < 1.29 is 4.74 Å². The van der Waals surface area contributed by atoms with E-state index >= 15 is 0 Å². The van der Waals surface area contributed by atoms with E-state index in [4.69, 9.17) is 10.5 Å². The van der Waals surface area contributed by atoms with Crippen molar-refractivity contribution in [2.45, 2.75) is 19.0 Å². The molecule has 0 bridgehead atoms. The van der Waals surface area contributed by atoms with Gasteiger partial charge < -0.3 is 10.5 Å². The third kappa shape index (κ3) is 3.37. The normalized spacial score (nSPS) is 20.5. The molecule has 1 atom stereocenters. The molecular formula is C12H19ClN2O. The molecule has 16 heavy (non-hydrogen) atoms. The zero-order valence-electron chi connectivity index (χ0n) is 9.56. The molecular weight excluding hydrogens is 224 g/mol. The topological polar surface area (TPSA) is 38.5 Å². The predicted molar refractivity (Wildman–Crippen MR) is 68.1 cm³/mol. The zero-order chi connectivity index (χ0) is 10.7. The van der Waals surface area contributed by atoms with Gasteiger partial charge in [-0.05, 0) is 24.1 Å². The lowest BCUT2D eigenvalue weighted by Crippen LogP contribution is -2.26. The number of halogens is 1. The van der Waals surface area contributed by atoms with Crippen molar-refractivity contribution >= 4 is 12.4 Å². The first-order valence-electron chi connectivity index (χ1n) is 5.39. The molecule has 1 fully saturated rings. The summed E-state index contributed by atoms with van der Waals surface area (Å²) >= 11 is 0. The van der Waals surface area contributed by atoms with Gasteiger partial charge in [-0.25, -0.2) is 0 Å². The number of benzene rings is 1. The Morgan fingerprint density at radius 3 is 2.94 bits per heavy atom. The highest BCUT2D eigenvalue weighted by atomic mass is 35.5. The van der Waals surface area contributed by atoms with Crippen molar-refractivity contribution in [3.63, 3.8) is 0 Å². The average molecular weight is 243 g/mol. The summed E-state index contributed by atoms with van der Waals surface area (Å²) in [6, 6.07) is 8.58. The van der Waals surface area contributed by atoms with Crippen LogP contribution in [0.5, 0.6) is 5.75 Å². The van der Waals surface area contributed by atoms with Gasteiger partial charge in [0, 0.05) is 25.7 Å². The second-order valence-corrected chi connectivity index (χ2v) is 4.14. The summed E-state index contributed by atoms with van der Waals surface area (Å²) in [4.78, 5) is 2.39. The first kappa shape index (κ1) is 13.3. The standard InChI is InChI=1S/C12H18N2O.ClH/c1-15-12-4-2-3-10(7-12)8-14-6-5-11(13)9-14;/h2-4,7,11H,5-6,8-9,13H2,1H3;1H/t11-;/m1./s1. The fraction of sp³-hybridized carbons (Fsp3) is 0.500. The molecule has 2 rings (SSSR count). The number of nitrogens with zero attached hydrogens (tertiary/aromatic N) is 1. The number of rotatable bonds is 3. The molecule has 1 heterocycles. The Morgan fingerprint density at radius 2 is 2.31 bits per heavy atom. The van der Waals surface area contributed by atoms with Gasteiger partial charge in [0.1, 0.15) is 5.75 Å². The number of nitrogens with two attached hydrogens (primary N) is 1. The van der Waals surface area contributed by atoms with Crippen LogP contribution in [0.15, 0.2) is 24.3 Å². The average Bonchev–Trinajstić information content (AvgIpc) is 2.64. The van der Waals surface area contributed by atoms with Crippen molar-refractivity contribution in [1.82, 2.24) is 4.90 Å². The molecule has 1 aliphatic rings. The van der Waals surface area contributed by atoms with E-state index in [0.717, 1.165) is 31.8 Å². The first-order valence-corrected chi connectivity index (χ1v) is 5.39. The van der Waals surface area contributed by atoms with Crippen molar-refractivity contribution in [1.29, 1.82) is 0 Å². The van der Waals surface area contributed by atoms with Gasteiger partial charge in [-0.2, -0.15) is 0 Å². The van der Waals surface area contributed by atoms with Crippen molar-refractivity contribution in [3.05, 3.63) is 29.8 Å². The molecule has 3 nitrogen and oxygen atoms in total. The van der Waals surface area contributed by atoms with E-state index in [9.17, 15) is 0 Å². The Morgan fingerprint density at radius 1 is 1.50 bits per heavy atom. The van der Waals surface area contributed by atoms with Gasteiger partial charge in [-0.1, -0.05) is 12.1 Å². The summed E-state index contributed by atoms with van der Waals surface area (Å²) in [5.74, 6) is 0.927. The van der Waals surface area contributed by atoms with Gasteiger partial charge >= 0.3 is 0 Å². The van der Waals surface area contributed by atoms with Gasteiger partial charge in [0.15, 0.2) is 0 Å². The lowest BCUT2D eigenvalue weighted by atomic mass is 10.2. The van der Waals surface area contributed by atoms with Crippen LogP contribution in [0.4, 0.5) is 0 Å². The molecule has 90 valence electrons. The highest BCUT2D eigenvalue weighted by molar-refractivity contribution is 5.85. The second kappa shape index (κ2) is 6.09. The minimum atomic E-state index is 0. The maximum atomic E-state index is 5.87. The highest BCUT2D eigenvalue weighted by Gasteiger charge is 2.18. The van der Waals surface area contributed by atoms with E-state index in [2.05, 4.69) is 17.0 Å². The molecule has 2 N–H and O–H groups in total. The molecule has 0 saturated carbocycles. The molecule has 1 aliphatic heterocycles. The van der Waals surface area contributed by atoms with Crippen LogP contribution in [0.2, 0.25) is 0 Å². The van der Waals surface area contributed by atoms with Crippen LogP contribution in [-0.2, 0) is 6.54 Å². The van der Waals surface area contributed by atoms with Crippen LogP contribution >= 0.6 is 12.4 Å². The highest BCUT2D eigenvalue weighted by Crippen LogP contribution is 2.16. The predicted octanol–water partition coefficient (Wildman–Crippen LogP) is 1.65. The maximum absolute atomic E-state index is 5.87. The SMILES string of the molecule is COc1cccc(CN2CC[C@@H](N)C2)c1.Cl. The number of ether oxygens (including phenoxy) is 1. The van der Waals surface area contributed by atoms with E-state index < -0.39 is 0 Å². The van der Waals surface area contributed by atoms with Gasteiger partial charge in [0.2, 0.25) is 0 Å². The Bertz CT molecular complexity index is 333. The van der Waals surface area contributed by atoms with Gasteiger partial charge in [0.05, 0.1) is 7.11 Å². The largest absolute Gasteiger partial charge is 0.497 e. The van der Waals surface area contributed by atoms with Crippen molar-refractivity contribution in [2.24, 2.45) is 5.73 Å². The van der Waals surface area contributed by atoms with Crippen LogP contribution in [0.25, 0.3) is 0 Å². The van der Waals surface area contributed by atoms with Gasteiger partial charge in [-0.15, -0.1) is 12.4 Å². The molecule has 0 aliphatic carbocycles. The van der Waals surface area contributed by atoms with Crippen LogP contribution in [-0.4, -0.2) is 31.1 Å². The van der Waals surface area contributed by atoms with Gasteiger partial charge in [-0.3, -0.25) is 4.90 Å². The molecule has 1 aromatic carbocycles. The second-order valence-electron chi connectivity index (χ2n) is 4.14. The molecule has 0 radical (unpaired) electrons. The third-order valence-corrected chi connectivity index (χ3v) is 2.85. The lowest BCUT2D eigenvalue weighted by molar-refractivity contribution is 0.326. The molecule has 1 aromatic rings. The number of hydrogen-bond donors (Lipinski definition) is 1. The maximum Gasteiger partial charge on any atom is 0.119 e. The molecule has 0 aromatic heterocycles. The zero-order valence-corrected chi connectivity index (χ0v) is 10.4. The first-order chi connectivity index (χ1) is 7.28. The van der Waals surface area contributed by atoms with E-state index in [-0.39, 0.29) is 12.4 Å².